The SMILES string of the molecule is C=CSC(/C=C\C)C(C)/C=C\C. The van der Waals surface area contributed by atoms with E-state index in [0.29, 0.717) is 11.2 Å². The molecule has 0 N–H and O–H groups in total. The van der Waals surface area contributed by atoms with Gasteiger partial charge in [-0.3, -0.25) is 0 Å². The molecule has 0 spiro atoms. The molecule has 2 atom stereocenters. The average Bonchev–Trinajstić information content (AvgIpc) is 2.04. The first-order valence-corrected chi connectivity index (χ1v) is 5.22. The number of hydrogen-bond acceptors (Lipinski definition) is 1. The van der Waals surface area contributed by atoms with E-state index in [2.05, 4.69) is 51.7 Å². The smallest absolute Gasteiger partial charge is 0.0328 e. The first-order chi connectivity index (χ1) is 5.76. The van der Waals surface area contributed by atoms with E-state index >= 15 is 0 Å². The van der Waals surface area contributed by atoms with Gasteiger partial charge in [-0.1, -0.05) is 37.8 Å². The Bertz CT molecular complexity index is 168. The molecule has 68 valence electrons. The zero-order valence-electron chi connectivity index (χ0n) is 8.16. The monoisotopic (exact) mass is 182 g/mol. The number of hydrogen-bond donors (Lipinski definition) is 0. The molecular weight excluding hydrogens is 164 g/mol. The second-order valence-electron chi connectivity index (χ2n) is 2.68. The van der Waals surface area contributed by atoms with Gasteiger partial charge in [-0.2, -0.15) is 0 Å². The first kappa shape index (κ1) is 11.6. The second kappa shape index (κ2) is 7.23. The Morgan fingerprint density at radius 2 is 1.75 bits per heavy atom. The van der Waals surface area contributed by atoms with Crippen LogP contribution in [-0.2, 0) is 0 Å². The third kappa shape index (κ3) is 4.45. The molecule has 0 aromatic rings. The summed E-state index contributed by atoms with van der Waals surface area (Å²) in [4.78, 5) is 0. The van der Waals surface area contributed by atoms with Crippen molar-refractivity contribution in [2.24, 2.45) is 5.92 Å². The lowest BCUT2D eigenvalue weighted by atomic mass is 10.1. The van der Waals surface area contributed by atoms with Gasteiger partial charge in [0.25, 0.3) is 0 Å². The predicted molar refractivity (Wildman–Crippen MR) is 60.4 cm³/mol. The molecule has 0 aromatic carbocycles. The van der Waals surface area contributed by atoms with Crippen LogP contribution in [-0.4, -0.2) is 5.25 Å². The summed E-state index contributed by atoms with van der Waals surface area (Å²) in [5, 5.41) is 2.44. The van der Waals surface area contributed by atoms with E-state index in [1.165, 1.54) is 0 Å². The van der Waals surface area contributed by atoms with Crippen LogP contribution in [0.5, 0.6) is 0 Å². The quantitative estimate of drug-likeness (QED) is 0.579. The highest BCUT2D eigenvalue weighted by atomic mass is 32.2. The van der Waals surface area contributed by atoms with Crippen molar-refractivity contribution >= 4 is 11.8 Å². The van der Waals surface area contributed by atoms with Gasteiger partial charge in [0.2, 0.25) is 0 Å². The van der Waals surface area contributed by atoms with E-state index in [-0.39, 0.29) is 0 Å². The fraction of sp³-hybridized carbons (Fsp3) is 0.455. The number of rotatable bonds is 5. The Labute approximate surface area is 80.4 Å². The average molecular weight is 182 g/mol. The molecule has 0 nitrogen and oxygen atoms in total. The minimum Gasteiger partial charge on any atom is -0.127 e. The van der Waals surface area contributed by atoms with Crippen molar-refractivity contribution in [3.63, 3.8) is 0 Å². The summed E-state index contributed by atoms with van der Waals surface area (Å²) >= 11 is 1.77. The molecule has 2 unspecified atom stereocenters. The molecule has 0 saturated heterocycles. The van der Waals surface area contributed by atoms with E-state index in [4.69, 9.17) is 0 Å². The van der Waals surface area contributed by atoms with Crippen molar-refractivity contribution < 1.29 is 0 Å². The molecule has 0 aliphatic rings. The molecule has 0 rings (SSSR count). The van der Waals surface area contributed by atoms with E-state index in [1.807, 2.05) is 5.41 Å². The van der Waals surface area contributed by atoms with Crippen molar-refractivity contribution in [2.45, 2.75) is 26.0 Å². The summed E-state index contributed by atoms with van der Waals surface area (Å²) in [6.45, 7) is 10.1. The van der Waals surface area contributed by atoms with Gasteiger partial charge in [-0.25, -0.2) is 0 Å². The van der Waals surface area contributed by atoms with Gasteiger partial charge < -0.3 is 0 Å². The van der Waals surface area contributed by atoms with Crippen LogP contribution in [0.2, 0.25) is 0 Å². The van der Waals surface area contributed by atoms with E-state index in [0.717, 1.165) is 0 Å². The van der Waals surface area contributed by atoms with Gasteiger partial charge in [0.05, 0.1) is 0 Å². The highest BCUT2D eigenvalue weighted by Crippen LogP contribution is 2.22. The van der Waals surface area contributed by atoms with Crippen LogP contribution in [0.3, 0.4) is 0 Å². The van der Waals surface area contributed by atoms with Crippen molar-refractivity contribution in [3.05, 3.63) is 36.3 Å². The molecule has 0 amide bonds. The Kier molecular flexibility index (Phi) is 6.97. The maximum absolute atomic E-state index is 3.73. The predicted octanol–water partition coefficient (Wildman–Crippen LogP) is 4.02. The summed E-state index contributed by atoms with van der Waals surface area (Å²) in [5.74, 6) is 0.578. The molecule has 0 aromatic heterocycles. The standard InChI is InChI=1S/C11H18S/c1-5-8-10(4)11(9-6-2)12-7-3/h5-11H,3H2,1-2,4H3/b8-5-,9-6-. The van der Waals surface area contributed by atoms with Gasteiger partial charge in [0.15, 0.2) is 0 Å². The third-order valence-corrected chi connectivity index (χ3v) is 2.74. The Morgan fingerprint density at radius 3 is 2.17 bits per heavy atom. The van der Waals surface area contributed by atoms with Gasteiger partial charge in [-0.15, -0.1) is 11.8 Å². The van der Waals surface area contributed by atoms with E-state index in [9.17, 15) is 0 Å². The molecule has 0 saturated carbocycles. The largest absolute Gasteiger partial charge is 0.127 e. The van der Waals surface area contributed by atoms with Crippen LogP contribution < -0.4 is 0 Å². The summed E-state index contributed by atoms with van der Waals surface area (Å²) in [6, 6.07) is 0. The minimum atomic E-state index is 0.531. The molecule has 0 fully saturated rings. The highest BCUT2D eigenvalue weighted by molar-refractivity contribution is 8.02. The van der Waals surface area contributed by atoms with Crippen molar-refractivity contribution in [1.29, 1.82) is 0 Å². The van der Waals surface area contributed by atoms with Gasteiger partial charge >= 0.3 is 0 Å². The lowest BCUT2D eigenvalue weighted by Crippen LogP contribution is -2.07. The Morgan fingerprint density at radius 1 is 1.17 bits per heavy atom. The van der Waals surface area contributed by atoms with Gasteiger partial charge in [-0.05, 0) is 25.2 Å². The summed E-state index contributed by atoms with van der Waals surface area (Å²) in [7, 11) is 0. The molecule has 12 heavy (non-hydrogen) atoms. The Balaban J connectivity index is 4.16. The minimum absolute atomic E-state index is 0.531. The molecule has 0 aliphatic carbocycles. The zero-order valence-corrected chi connectivity index (χ0v) is 8.97. The van der Waals surface area contributed by atoms with Crippen LogP contribution in [0.4, 0.5) is 0 Å². The van der Waals surface area contributed by atoms with Crippen LogP contribution >= 0.6 is 11.8 Å². The normalized spacial score (nSPS) is 16.9. The van der Waals surface area contributed by atoms with Crippen LogP contribution in [0.25, 0.3) is 0 Å². The van der Waals surface area contributed by atoms with Crippen LogP contribution in [0.15, 0.2) is 36.3 Å². The maximum atomic E-state index is 3.73. The number of thioether (sulfide) groups is 1. The molecule has 0 radical (unpaired) electrons. The van der Waals surface area contributed by atoms with Crippen molar-refractivity contribution in [3.8, 4) is 0 Å². The van der Waals surface area contributed by atoms with Gasteiger partial charge in [0, 0.05) is 5.25 Å². The topological polar surface area (TPSA) is 0 Å². The molecule has 0 aliphatic heterocycles. The zero-order chi connectivity index (χ0) is 9.40. The van der Waals surface area contributed by atoms with Crippen LogP contribution in [0, 0.1) is 5.92 Å². The first-order valence-electron chi connectivity index (χ1n) is 4.28. The fourth-order valence-electron chi connectivity index (χ4n) is 1.06. The summed E-state index contributed by atoms with van der Waals surface area (Å²) < 4.78 is 0. The maximum Gasteiger partial charge on any atom is 0.0328 e. The Hall–Kier alpha value is -0.430. The fourth-order valence-corrected chi connectivity index (χ4v) is 1.87. The molecular formula is C11H18S. The third-order valence-electron chi connectivity index (χ3n) is 1.65. The molecule has 1 heteroatoms. The van der Waals surface area contributed by atoms with E-state index < -0.39 is 0 Å². The second-order valence-corrected chi connectivity index (χ2v) is 3.83. The molecule has 0 heterocycles. The van der Waals surface area contributed by atoms with Crippen LogP contribution in [0.1, 0.15) is 20.8 Å². The van der Waals surface area contributed by atoms with Crippen molar-refractivity contribution in [1.82, 2.24) is 0 Å². The van der Waals surface area contributed by atoms with E-state index in [1.54, 1.807) is 11.8 Å². The van der Waals surface area contributed by atoms with Gasteiger partial charge in [0.1, 0.15) is 0 Å². The number of allylic oxidation sites excluding steroid dienone is 3. The summed E-state index contributed by atoms with van der Waals surface area (Å²) in [5.41, 5.74) is 0. The molecule has 0 bridgehead atoms. The summed E-state index contributed by atoms with van der Waals surface area (Å²) in [6.07, 6.45) is 8.64. The highest BCUT2D eigenvalue weighted by Gasteiger charge is 2.09. The van der Waals surface area contributed by atoms with Crippen molar-refractivity contribution in [2.75, 3.05) is 0 Å². The lowest BCUT2D eigenvalue weighted by Gasteiger charge is -2.14. The lowest BCUT2D eigenvalue weighted by molar-refractivity contribution is 0.760.